The smallest absolute Gasteiger partial charge is 0.0594 e. The summed E-state index contributed by atoms with van der Waals surface area (Å²) < 4.78 is 7.17. The summed E-state index contributed by atoms with van der Waals surface area (Å²) in [6.45, 7) is 1.82. The van der Waals surface area contributed by atoms with Gasteiger partial charge in [-0.1, -0.05) is 41.3 Å². The number of fused-ring (bicyclic) bond motifs is 1. The van der Waals surface area contributed by atoms with Crippen molar-refractivity contribution in [2.24, 2.45) is 0 Å². The Morgan fingerprint density at radius 2 is 2.00 bits per heavy atom. The molecule has 1 N–H and O–H groups in total. The summed E-state index contributed by atoms with van der Waals surface area (Å²) in [5.41, 5.74) is 2.97. The molecule has 0 amide bonds. The molecule has 1 aromatic carbocycles. The molecule has 0 heterocycles. The monoisotopic (exact) mass is 337 g/mol. The quantitative estimate of drug-likeness (QED) is 0.805. The molecule has 20 heavy (non-hydrogen) atoms. The van der Waals surface area contributed by atoms with Crippen molar-refractivity contribution in [2.75, 3.05) is 13.2 Å². The number of aryl methyl sites for hydroxylation is 1. The fourth-order valence-corrected chi connectivity index (χ4v) is 3.90. The molecule has 3 rings (SSSR count). The van der Waals surface area contributed by atoms with Gasteiger partial charge in [0.05, 0.1) is 12.7 Å². The van der Waals surface area contributed by atoms with Crippen LogP contribution in [0.4, 0.5) is 0 Å². The Labute approximate surface area is 130 Å². The highest BCUT2D eigenvalue weighted by molar-refractivity contribution is 9.10. The molecule has 2 aliphatic rings. The third kappa shape index (κ3) is 3.63. The Hall–Kier alpha value is -0.380. The van der Waals surface area contributed by atoms with E-state index in [0.29, 0.717) is 12.1 Å². The van der Waals surface area contributed by atoms with Crippen molar-refractivity contribution in [2.45, 2.75) is 57.1 Å². The van der Waals surface area contributed by atoms with E-state index in [9.17, 15) is 0 Å². The SMILES string of the molecule is Brc1ccc2c(c1)CCC2NCCOC1CCCCC1. The lowest BCUT2D eigenvalue weighted by Gasteiger charge is -2.22. The molecule has 1 unspecified atom stereocenters. The Bertz CT molecular complexity index is 443. The van der Waals surface area contributed by atoms with Crippen molar-refractivity contribution in [1.82, 2.24) is 5.32 Å². The largest absolute Gasteiger partial charge is 0.377 e. The summed E-state index contributed by atoms with van der Waals surface area (Å²) in [6, 6.07) is 7.19. The average Bonchev–Trinajstić information content (AvgIpc) is 2.87. The van der Waals surface area contributed by atoms with E-state index in [2.05, 4.69) is 39.4 Å². The summed E-state index contributed by atoms with van der Waals surface area (Å²) in [5.74, 6) is 0. The lowest BCUT2D eigenvalue weighted by atomic mass is 9.98. The zero-order valence-corrected chi connectivity index (χ0v) is 13.6. The predicted molar refractivity (Wildman–Crippen MR) is 86.0 cm³/mol. The molecule has 0 aliphatic heterocycles. The van der Waals surface area contributed by atoms with Crippen LogP contribution >= 0.6 is 15.9 Å². The first-order valence-electron chi connectivity index (χ1n) is 7.96. The molecule has 3 heteroatoms. The van der Waals surface area contributed by atoms with Crippen LogP contribution in [-0.4, -0.2) is 19.3 Å². The normalized spacial score (nSPS) is 22.9. The maximum absolute atomic E-state index is 5.98. The first-order valence-corrected chi connectivity index (χ1v) is 8.75. The van der Waals surface area contributed by atoms with Gasteiger partial charge in [-0.05, 0) is 48.9 Å². The maximum Gasteiger partial charge on any atom is 0.0594 e. The zero-order chi connectivity index (χ0) is 13.8. The first kappa shape index (κ1) is 14.6. The molecule has 1 atom stereocenters. The van der Waals surface area contributed by atoms with Crippen molar-refractivity contribution in [1.29, 1.82) is 0 Å². The van der Waals surface area contributed by atoms with Crippen LogP contribution in [0.3, 0.4) is 0 Å². The van der Waals surface area contributed by atoms with Crippen LogP contribution in [0.1, 0.15) is 55.7 Å². The van der Waals surface area contributed by atoms with E-state index in [1.165, 1.54) is 60.5 Å². The lowest BCUT2D eigenvalue weighted by molar-refractivity contribution is 0.0294. The Balaban J connectivity index is 1.41. The molecular weight excluding hydrogens is 314 g/mol. The predicted octanol–water partition coefficient (Wildman–Crippen LogP) is 4.38. The van der Waals surface area contributed by atoms with Crippen LogP contribution in [0.25, 0.3) is 0 Å². The molecular formula is C17H24BrNO. The summed E-state index contributed by atoms with van der Waals surface area (Å²) in [4.78, 5) is 0. The van der Waals surface area contributed by atoms with Gasteiger partial charge in [0.2, 0.25) is 0 Å². The van der Waals surface area contributed by atoms with Crippen LogP contribution in [0, 0.1) is 0 Å². The van der Waals surface area contributed by atoms with Gasteiger partial charge in [-0.2, -0.15) is 0 Å². The minimum atomic E-state index is 0.521. The van der Waals surface area contributed by atoms with Crippen molar-refractivity contribution < 1.29 is 4.74 Å². The van der Waals surface area contributed by atoms with Crippen LogP contribution < -0.4 is 5.32 Å². The standard InChI is InChI=1S/C17H24BrNO/c18-14-7-8-16-13(12-14)6-9-17(16)19-10-11-20-15-4-2-1-3-5-15/h7-8,12,15,17,19H,1-6,9-11H2. The molecule has 0 bridgehead atoms. The van der Waals surface area contributed by atoms with E-state index >= 15 is 0 Å². The van der Waals surface area contributed by atoms with Gasteiger partial charge in [0.15, 0.2) is 0 Å². The van der Waals surface area contributed by atoms with Gasteiger partial charge in [-0.25, -0.2) is 0 Å². The lowest BCUT2D eigenvalue weighted by Crippen LogP contribution is -2.26. The van der Waals surface area contributed by atoms with Crippen molar-refractivity contribution >= 4 is 15.9 Å². The van der Waals surface area contributed by atoms with E-state index in [-0.39, 0.29) is 0 Å². The Kier molecular flexibility index (Phi) is 5.14. The van der Waals surface area contributed by atoms with Crippen LogP contribution in [0.15, 0.2) is 22.7 Å². The molecule has 110 valence electrons. The second kappa shape index (κ2) is 7.06. The molecule has 0 saturated heterocycles. The summed E-state index contributed by atoms with van der Waals surface area (Å²) in [5, 5.41) is 3.66. The second-order valence-corrected chi connectivity index (χ2v) is 6.94. The number of benzene rings is 1. The number of hydrogen-bond donors (Lipinski definition) is 1. The third-order valence-electron chi connectivity index (χ3n) is 4.58. The highest BCUT2D eigenvalue weighted by Gasteiger charge is 2.22. The molecule has 0 radical (unpaired) electrons. The number of nitrogens with one attached hydrogen (secondary N) is 1. The van der Waals surface area contributed by atoms with Gasteiger partial charge in [-0.3, -0.25) is 0 Å². The van der Waals surface area contributed by atoms with Crippen LogP contribution in [0.2, 0.25) is 0 Å². The van der Waals surface area contributed by atoms with Crippen LogP contribution in [0.5, 0.6) is 0 Å². The van der Waals surface area contributed by atoms with Gasteiger partial charge >= 0.3 is 0 Å². The van der Waals surface area contributed by atoms with E-state index in [4.69, 9.17) is 4.74 Å². The fourth-order valence-electron chi connectivity index (χ4n) is 3.49. The summed E-state index contributed by atoms with van der Waals surface area (Å²) >= 11 is 3.55. The molecule has 2 nitrogen and oxygen atoms in total. The van der Waals surface area contributed by atoms with Crippen molar-refractivity contribution in [3.05, 3.63) is 33.8 Å². The number of hydrogen-bond acceptors (Lipinski definition) is 2. The number of ether oxygens (including phenoxy) is 1. The molecule has 2 aliphatic carbocycles. The topological polar surface area (TPSA) is 21.3 Å². The highest BCUT2D eigenvalue weighted by Crippen LogP contribution is 2.32. The van der Waals surface area contributed by atoms with Crippen molar-refractivity contribution in [3.8, 4) is 0 Å². The molecule has 0 aromatic heterocycles. The minimum Gasteiger partial charge on any atom is -0.377 e. The minimum absolute atomic E-state index is 0.521. The first-order chi connectivity index (χ1) is 9.83. The summed E-state index contributed by atoms with van der Waals surface area (Å²) in [7, 11) is 0. The van der Waals surface area contributed by atoms with Gasteiger partial charge in [0.25, 0.3) is 0 Å². The van der Waals surface area contributed by atoms with Crippen molar-refractivity contribution in [3.63, 3.8) is 0 Å². The Morgan fingerprint density at radius 1 is 1.15 bits per heavy atom. The average molecular weight is 338 g/mol. The molecule has 1 saturated carbocycles. The second-order valence-electron chi connectivity index (χ2n) is 6.02. The van der Waals surface area contributed by atoms with Gasteiger partial charge in [-0.15, -0.1) is 0 Å². The van der Waals surface area contributed by atoms with E-state index in [0.717, 1.165) is 13.2 Å². The molecule has 1 aromatic rings. The van der Waals surface area contributed by atoms with E-state index in [1.807, 2.05) is 0 Å². The highest BCUT2D eigenvalue weighted by atomic mass is 79.9. The maximum atomic E-state index is 5.98. The number of halogens is 1. The summed E-state index contributed by atoms with van der Waals surface area (Å²) in [6.07, 6.45) is 9.56. The number of rotatable bonds is 5. The van der Waals surface area contributed by atoms with Gasteiger partial charge in [0, 0.05) is 17.1 Å². The van der Waals surface area contributed by atoms with E-state index in [1.54, 1.807) is 0 Å². The van der Waals surface area contributed by atoms with Gasteiger partial charge in [0.1, 0.15) is 0 Å². The van der Waals surface area contributed by atoms with E-state index < -0.39 is 0 Å². The van der Waals surface area contributed by atoms with Gasteiger partial charge < -0.3 is 10.1 Å². The third-order valence-corrected chi connectivity index (χ3v) is 5.07. The zero-order valence-electron chi connectivity index (χ0n) is 12.0. The van der Waals surface area contributed by atoms with Crippen LogP contribution in [-0.2, 0) is 11.2 Å². The molecule has 1 fully saturated rings. The molecule has 0 spiro atoms. The fraction of sp³-hybridized carbons (Fsp3) is 0.647. The Morgan fingerprint density at radius 3 is 2.85 bits per heavy atom.